The molecule has 0 aliphatic rings. The summed E-state index contributed by atoms with van der Waals surface area (Å²) in [6.07, 6.45) is 0.460. The van der Waals surface area contributed by atoms with E-state index in [1.54, 1.807) is 18.2 Å². The van der Waals surface area contributed by atoms with E-state index in [4.69, 9.17) is 23.2 Å². The van der Waals surface area contributed by atoms with Gasteiger partial charge in [0, 0.05) is 15.5 Å². The number of benzene rings is 2. The molecule has 2 rings (SSSR count). The van der Waals surface area contributed by atoms with Gasteiger partial charge in [0.1, 0.15) is 0 Å². The Bertz CT molecular complexity index is 563. The lowest BCUT2D eigenvalue weighted by Crippen LogP contribution is -2.37. The van der Waals surface area contributed by atoms with Crippen molar-refractivity contribution < 1.29 is 10.2 Å². The van der Waals surface area contributed by atoms with Gasteiger partial charge in [0.05, 0.1) is 13.2 Å². The fourth-order valence-electron chi connectivity index (χ4n) is 2.26. The minimum atomic E-state index is -0.768. The molecule has 106 valence electrons. The Hall–Kier alpha value is -1.06. The van der Waals surface area contributed by atoms with Gasteiger partial charge in [-0.3, -0.25) is 0 Å². The van der Waals surface area contributed by atoms with Crippen LogP contribution in [0.1, 0.15) is 11.1 Å². The first-order valence-corrected chi connectivity index (χ1v) is 7.08. The van der Waals surface area contributed by atoms with Gasteiger partial charge in [-0.2, -0.15) is 0 Å². The highest BCUT2D eigenvalue weighted by atomic mass is 35.5. The van der Waals surface area contributed by atoms with Crippen molar-refractivity contribution in [1.29, 1.82) is 0 Å². The predicted octanol–water partition coefficient (Wildman–Crippen LogP) is 3.46. The average Bonchev–Trinajstić information content (AvgIpc) is 2.48. The highest BCUT2D eigenvalue weighted by Gasteiger charge is 2.32. The van der Waals surface area contributed by atoms with Crippen molar-refractivity contribution in [3.63, 3.8) is 0 Å². The fourth-order valence-corrected chi connectivity index (χ4v) is 2.58. The van der Waals surface area contributed by atoms with E-state index in [0.717, 1.165) is 11.1 Å². The van der Waals surface area contributed by atoms with E-state index in [2.05, 4.69) is 0 Å². The van der Waals surface area contributed by atoms with Gasteiger partial charge in [0.15, 0.2) is 0 Å². The molecule has 2 nitrogen and oxygen atoms in total. The number of aliphatic hydroxyl groups excluding tert-OH is 2. The maximum atomic E-state index is 9.82. The fraction of sp³-hybridized carbons (Fsp3) is 0.250. The lowest BCUT2D eigenvalue weighted by atomic mass is 9.77. The highest BCUT2D eigenvalue weighted by molar-refractivity contribution is 6.31. The molecule has 2 aromatic rings. The zero-order valence-corrected chi connectivity index (χ0v) is 12.4. The van der Waals surface area contributed by atoms with Crippen LogP contribution >= 0.6 is 23.2 Å². The van der Waals surface area contributed by atoms with E-state index >= 15 is 0 Å². The van der Waals surface area contributed by atoms with Crippen molar-refractivity contribution in [2.24, 2.45) is 0 Å². The normalized spacial score (nSPS) is 11.6. The zero-order valence-electron chi connectivity index (χ0n) is 10.9. The topological polar surface area (TPSA) is 40.5 Å². The SMILES string of the molecule is OCC(CO)(Cc1ccccc1Cl)c1ccc(Cl)cc1. The number of hydrogen-bond acceptors (Lipinski definition) is 2. The molecular weight excluding hydrogens is 295 g/mol. The van der Waals surface area contributed by atoms with Crippen LogP contribution in [0.4, 0.5) is 0 Å². The van der Waals surface area contributed by atoms with Crippen molar-refractivity contribution in [3.8, 4) is 0 Å². The summed E-state index contributed by atoms with van der Waals surface area (Å²) in [5.41, 5.74) is 0.967. The maximum Gasteiger partial charge on any atom is 0.0553 e. The molecule has 0 spiro atoms. The molecular formula is C16H16Cl2O2. The van der Waals surface area contributed by atoms with Crippen molar-refractivity contribution in [1.82, 2.24) is 0 Å². The highest BCUT2D eigenvalue weighted by Crippen LogP contribution is 2.31. The monoisotopic (exact) mass is 310 g/mol. The summed E-state index contributed by atoms with van der Waals surface area (Å²) in [7, 11) is 0. The molecule has 0 saturated carbocycles. The molecule has 0 amide bonds. The van der Waals surface area contributed by atoms with Gasteiger partial charge < -0.3 is 10.2 Å². The summed E-state index contributed by atoms with van der Waals surface area (Å²) in [6.45, 7) is -0.341. The van der Waals surface area contributed by atoms with E-state index in [9.17, 15) is 10.2 Å². The van der Waals surface area contributed by atoms with Crippen LogP contribution in [-0.2, 0) is 11.8 Å². The van der Waals surface area contributed by atoms with Crippen LogP contribution in [0.25, 0.3) is 0 Å². The molecule has 0 aliphatic carbocycles. The van der Waals surface area contributed by atoms with E-state index < -0.39 is 5.41 Å². The van der Waals surface area contributed by atoms with Crippen LogP contribution in [0.15, 0.2) is 48.5 Å². The summed E-state index contributed by atoms with van der Waals surface area (Å²) >= 11 is 12.1. The lowest BCUT2D eigenvalue weighted by Gasteiger charge is -2.31. The van der Waals surface area contributed by atoms with Gasteiger partial charge in [-0.05, 0) is 35.7 Å². The zero-order chi connectivity index (χ0) is 14.6. The summed E-state index contributed by atoms with van der Waals surface area (Å²) in [6, 6.07) is 14.6. The van der Waals surface area contributed by atoms with Crippen molar-refractivity contribution in [3.05, 3.63) is 69.7 Å². The standard InChI is InChI=1S/C16H16Cl2O2/c17-14-7-5-13(6-8-14)16(10-19,11-20)9-12-3-1-2-4-15(12)18/h1-8,19-20H,9-11H2. The van der Waals surface area contributed by atoms with Gasteiger partial charge in [0.25, 0.3) is 0 Å². The third-order valence-electron chi connectivity index (χ3n) is 3.55. The van der Waals surface area contributed by atoms with Crippen molar-refractivity contribution in [2.45, 2.75) is 11.8 Å². The first-order valence-electron chi connectivity index (χ1n) is 6.32. The van der Waals surface area contributed by atoms with E-state index in [1.807, 2.05) is 30.3 Å². The van der Waals surface area contributed by atoms with Crippen LogP contribution in [0.5, 0.6) is 0 Å². The van der Waals surface area contributed by atoms with Gasteiger partial charge in [0.2, 0.25) is 0 Å². The first kappa shape index (κ1) is 15.3. The second-order valence-corrected chi connectivity index (χ2v) is 5.72. The molecule has 0 bridgehead atoms. The summed E-state index contributed by atoms with van der Waals surface area (Å²) < 4.78 is 0. The maximum absolute atomic E-state index is 9.82. The third-order valence-corrected chi connectivity index (χ3v) is 4.17. The molecule has 2 aromatic carbocycles. The smallest absolute Gasteiger partial charge is 0.0553 e. The van der Waals surface area contributed by atoms with Gasteiger partial charge in [-0.15, -0.1) is 0 Å². The Morgan fingerprint density at radius 1 is 0.850 bits per heavy atom. The summed E-state index contributed by atoms with van der Waals surface area (Å²) in [4.78, 5) is 0. The van der Waals surface area contributed by atoms with Crippen LogP contribution in [0, 0.1) is 0 Å². The Morgan fingerprint density at radius 3 is 2.00 bits per heavy atom. The van der Waals surface area contributed by atoms with E-state index in [1.165, 1.54) is 0 Å². The van der Waals surface area contributed by atoms with Crippen LogP contribution in [-0.4, -0.2) is 23.4 Å². The quantitative estimate of drug-likeness (QED) is 0.888. The number of hydrogen-bond donors (Lipinski definition) is 2. The average molecular weight is 311 g/mol. The van der Waals surface area contributed by atoms with Crippen molar-refractivity contribution >= 4 is 23.2 Å². The summed E-state index contributed by atoms with van der Waals surface area (Å²) in [5, 5.41) is 20.9. The molecule has 0 fully saturated rings. The minimum Gasteiger partial charge on any atom is -0.395 e. The molecule has 0 aliphatic heterocycles. The van der Waals surface area contributed by atoms with Gasteiger partial charge >= 0.3 is 0 Å². The Balaban J connectivity index is 2.39. The molecule has 0 saturated heterocycles. The predicted molar refractivity (Wildman–Crippen MR) is 82.5 cm³/mol. The summed E-state index contributed by atoms with van der Waals surface area (Å²) in [5.74, 6) is 0. The number of halogens is 2. The third kappa shape index (κ3) is 3.15. The van der Waals surface area contributed by atoms with Crippen molar-refractivity contribution in [2.75, 3.05) is 13.2 Å². The Morgan fingerprint density at radius 2 is 1.45 bits per heavy atom. The number of aliphatic hydroxyl groups is 2. The van der Waals surface area contributed by atoms with E-state index in [0.29, 0.717) is 16.5 Å². The Labute approximate surface area is 128 Å². The van der Waals surface area contributed by atoms with Crippen LogP contribution in [0.2, 0.25) is 10.0 Å². The van der Waals surface area contributed by atoms with Gasteiger partial charge in [-0.25, -0.2) is 0 Å². The molecule has 0 radical (unpaired) electrons. The second kappa shape index (κ2) is 6.59. The van der Waals surface area contributed by atoms with Crippen LogP contribution in [0.3, 0.4) is 0 Å². The molecule has 20 heavy (non-hydrogen) atoms. The molecule has 0 heterocycles. The molecule has 2 N–H and O–H groups in total. The second-order valence-electron chi connectivity index (χ2n) is 4.87. The number of rotatable bonds is 5. The molecule has 0 atom stereocenters. The minimum absolute atomic E-state index is 0.170. The van der Waals surface area contributed by atoms with E-state index in [-0.39, 0.29) is 13.2 Å². The lowest BCUT2D eigenvalue weighted by molar-refractivity contribution is 0.116. The van der Waals surface area contributed by atoms with Gasteiger partial charge in [-0.1, -0.05) is 53.5 Å². The molecule has 0 unspecified atom stereocenters. The Kier molecular flexibility index (Phi) is 5.06. The van der Waals surface area contributed by atoms with Crippen LogP contribution < -0.4 is 0 Å². The largest absolute Gasteiger partial charge is 0.395 e. The first-order chi connectivity index (χ1) is 9.61. The molecule has 4 heteroatoms. The molecule has 0 aromatic heterocycles.